The molecule has 0 saturated carbocycles. The fourth-order valence-electron chi connectivity index (χ4n) is 0.425. The van der Waals surface area contributed by atoms with Gasteiger partial charge in [-0.05, 0) is 19.1 Å². The normalized spacial score (nSPS) is 29.1. The van der Waals surface area contributed by atoms with Crippen LogP contribution in [0.3, 0.4) is 0 Å². The van der Waals surface area contributed by atoms with E-state index in [1.165, 1.54) is 0 Å². The lowest BCUT2D eigenvalue weighted by atomic mass is 10.3. The Balaban J connectivity index is 2.40. The first-order valence-corrected chi connectivity index (χ1v) is 2.21. The van der Waals surface area contributed by atoms with Crippen molar-refractivity contribution in [3.05, 3.63) is 24.5 Å². The van der Waals surface area contributed by atoms with Crippen molar-refractivity contribution in [3.63, 3.8) is 0 Å². The van der Waals surface area contributed by atoms with Crippen molar-refractivity contribution < 1.29 is 6.11 Å². The van der Waals surface area contributed by atoms with Gasteiger partial charge in [-0.1, -0.05) is 6.08 Å². The van der Waals surface area contributed by atoms with E-state index in [-0.39, 0.29) is 6.10 Å². The Hall–Kier alpha value is -0.720. The number of hydrogen-bond donors (Lipinski definition) is 0. The Morgan fingerprint density at radius 1 is 1.71 bits per heavy atom. The van der Waals surface area contributed by atoms with Crippen molar-refractivity contribution in [2.24, 2.45) is 0 Å². The molecule has 0 amide bonds. The van der Waals surface area contributed by atoms with Crippen LogP contribution in [-0.4, -0.2) is 6.10 Å². The average Bonchev–Trinajstić information content (AvgIpc) is 1.90. The third-order valence-corrected chi connectivity index (χ3v) is 0.769. The second kappa shape index (κ2) is 1.82. The molecule has 1 unspecified atom stereocenters. The zero-order valence-electron chi connectivity index (χ0n) is 5.00. The first-order valence-electron chi connectivity index (χ1n) is 2.92. The van der Waals surface area contributed by atoms with Gasteiger partial charge in [-0.15, -0.1) is 0 Å². The van der Waals surface area contributed by atoms with Gasteiger partial charge in [-0.25, -0.2) is 0 Å². The van der Waals surface area contributed by atoms with E-state index in [0.29, 0.717) is 6.90 Å². The van der Waals surface area contributed by atoms with Crippen LogP contribution >= 0.6 is 0 Å². The van der Waals surface area contributed by atoms with Crippen LogP contribution in [0.15, 0.2) is 24.5 Å². The van der Waals surface area contributed by atoms with Gasteiger partial charge in [-0.2, -0.15) is 0 Å². The minimum atomic E-state index is -0.0139. The van der Waals surface area contributed by atoms with Gasteiger partial charge in [0.25, 0.3) is 0 Å². The van der Waals surface area contributed by atoms with Crippen molar-refractivity contribution >= 4 is 0 Å². The van der Waals surface area contributed by atoms with Crippen LogP contribution in [0.2, 0.25) is 0 Å². The molecule has 1 rings (SSSR count). The van der Waals surface area contributed by atoms with Gasteiger partial charge < -0.3 is 4.74 Å². The first kappa shape index (κ1) is 3.30. The van der Waals surface area contributed by atoms with E-state index in [2.05, 4.69) is 0 Å². The van der Waals surface area contributed by atoms with E-state index >= 15 is 0 Å². The monoisotopic (exact) mass is 97.1 g/mol. The maximum absolute atomic E-state index is 6.89. The highest BCUT2D eigenvalue weighted by molar-refractivity contribution is 5.06. The molecular weight excluding hydrogens is 88.1 g/mol. The van der Waals surface area contributed by atoms with Crippen molar-refractivity contribution in [3.8, 4) is 0 Å². The van der Waals surface area contributed by atoms with Crippen LogP contribution in [0.1, 0.15) is 8.27 Å². The van der Waals surface area contributed by atoms with Crippen LogP contribution < -0.4 is 0 Å². The summed E-state index contributed by atoms with van der Waals surface area (Å²) in [5, 5.41) is 0. The summed E-state index contributed by atoms with van der Waals surface area (Å²) in [5.41, 5.74) is 0. The molecule has 1 atom stereocenters. The summed E-state index contributed by atoms with van der Waals surface area (Å²) in [5.74, 6) is 0. The third-order valence-electron chi connectivity index (χ3n) is 0.769. The lowest BCUT2D eigenvalue weighted by Gasteiger charge is -2.06. The van der Waals surface area contributed by atoms with Crippen LogP contribution in [0.25, 0.3) is 0 Å². The molecule has 0 bridgehead atoms. The molecule has 1 heterocycles. The molecule has 0 aliphatic carbocycles. The molecule has 1 aliphatic heterocycles. The quantitative estimate of drug-likeness (QED) is 0.445. The molecule has 1 heteroatoms. The van der Waals surface area contributed by atoms with Crippen molar-refractivity contribution in [1.82, 2.24) is 0 Å². The third kappa shape index (κ3) is 1.07. The van der Waals surface area contributed by atoms with Crippen LogP contribution in [0, 0.1) is 0 Å². The topological polar surface area (TPSA) is 9.23 Å². The second-order valence-corrected chi connectivity index (χ2v) is 1.39. The largest absolute Gasteiger partial charge is 0.494 e. The van der Waals surface area contributed by atoms with Gasteiger partial charge in [0, 0.05) is 1.37 Å². The summed E-state index contributed by atoms with van der Waals surface area (Å²) in [4.78, 5) is 0. The Morgan fingerprint density at radius 2 is 2.71 bits per heavy atom. The highest BCUT2D eigenvalue weighted by Gasteiger charge is 1.92. The molecular formula is C6H8O. The number of hydrogen-bond acceptors (Lipinski definition) is 1. The second-order valence-electron chi connectivity index (χ2n) is 1.39. The van der Waals surface area contributed by atoms with Crippen LogP contribution in [-0.2, 0) is 4.74 Å². The van der Waals surface area contributed by atoms with Gasteiger partial charge in [0.1, 0.15) is 6.10 Å². The minimum Gasteiger partial charge on any atom is -0.494 e. The zero-order valence-corrected chi connectivity index (χ0v) is 4.00. The molecule has 1 nitrogen and oxygen atoms in total. The summed E-state index contributed by atoms with van der Waals surface area (Å²) in [7, 11) is 0. The molecule has 0 N–H and O–H groups in total. The van der Waals surface area contributed by atoms with E-state index < -0.39 is 0 Å². The zero-order chi connectivity index (χ0) is 5.82. The Morgan fingerprint density at radius 3 is 3.14 bits per heavy atom. The average molecular weight is 97.1 g/mol. The van der Waals surface area contributed by atoms with E-state index in [9.17, 15) is 0 Å². The molecule has 0 radical (unpaired) electrons. The predicted molar refractivity (Wildman–Crippen MR) is 28.8 cm³/mol. The van der Waals surface area contributed by atoms with Crippen LogP contribution in [0.4, 0.5) is 0 Å². The first-order chi connectivity index (χ1) is 3.93. The lowest BCUT2D eigenvalue weighted by molar-refractivity contribution is 0.200. The van der Waals surface area contributed by atoms with Crippen molar-refractivity contribution in [1.29, 1.82) is 0 Å². The molecule has 0 fully saturated rings. The molecule has 0 aromatic heterocycles. The minimum absolute atomic E-state index is 0.0139. The van der Waals surface area contributed by atoms with Crippen molar-refractivity contribution in [2.45, 2.75) is 13.0 Å². The highest BCUT2D eigenvalue weighted by Crippen LogP contribution is 1.98. The lowest BCUT2D eigenvalue weighted by Crippen LogP contribution is -1.99. The molecule has 7 heavy (non-hydrogen) atoms. The summed E-state index contributed by atoms with van der Waals surface area (Å²) >= 11 is 0. The Labute approximate surface area is 44.7 Å². The number of allylic oxidation sites excluding steroid dienone is 2. The summed E-state index contributed by atoms with van der Waals surface area (Å²) < 4.78 is 11.9. The smallest absolute Gasteiger partial charge is 0.113 e. The fraction of sp³-hybridized carbons (Fsp3) is 0.333. The van der Waals surface area contributed by atoms with Crippen molar-refractivity contribution in [2.75, 3.05) is 0 Å². The maximum atomic E-state index is 6.89. The van der Waals surface area contributed by atoms with E-state index in [1.54, 1.807) is 6.26 Å². The maximum Gasteiger partial charge on any atom is 0.113 e. The molecule has 0 aromatic rings. The molecule has 38 valence electrons. The predicted octanol–water partition coefficient (Wildman–Crippen LogP) is 1.47. The summed E-state index contributed by atoms with van der Waals surface area (Å²) in [6.07, 6.45) is 7.17. The van der Waals surface area contributed by atoms with Crippen LogP contribution in [0.5, 0.6) is 0 Å². The van der Waals surface area contributed by atoms with Gasteiger partial charge >= 0.3 is 0 Å². The standard InChI is InChI=1S/C6H8O/c1-6-4-2-3-5-7-6/h2-6H,1H3/i1D. The number of rotatable bonds is 0. The molecule has 0 spiro atoms. The Bertz CT molecular complexity index is 118. The van der Waals surface area contributed by atoms with Gasteiger partial charge in [-0.3, -0.25) is 0 Å². The van der Waals surface area contributed by atoms with E-state index in [1.807, 2.05) is 18.2 Å². The molecule has 0 aromatic carbocycles. The summed E-state index contributed by atoms with van der Waals surface area (Å²) in [6, 6.07) is 0. The van der Waals surface area contributed by atoms with Gasteiger partial charge in [0.05, 0.1) is 6.26 Å². The molecule has 0 saturated heterocycles. The van der Waals surface area contributed by atoms with E-state index in [4.69, 9.17) is 6.11 Å². The Kier molecular flexibility index (Phi) is 0.861. The summed E-state index contributed by atoms with van der Waals surface area (Å²) in [6.45, 7) is 0.306. The van der Waals surface area contributed by atoms with Gasteiger partial charge in [0.2, 0.25) is 0 Å². The molecule has 1 aliphatic rings. The fourth-order valence-corrected chi connectivity index (χ4v) is 0.425. The highest BCUT2D eigenvalue weighted by atomic mass is 16.5. The number of ether oxygens (including phenoxy) is 1. The van der Waals surface area contributed by atoms with E-state index in [0.717, 1.165) is 0 Å². The van der Waals surface area contributed by atoms with Gasteiger partial charge in [0.15, 0.2) is 0 Å². The SMILES string of the molecule is [2H]CC1C=CC=CO1.